The van der Waals surface area contributed by atoms with Gasteiger partial charge in [-0.2, -0.15) is 10.2 Å². The number of nitrogens with zero attached hydrogens (tertiary/aromatic N) is 4. The third kappa shape index (κ3) is 6.69. The molecule has 170 valence electrons. The summed E-state index contributed by atoms with van der Waals surface area (Å²) >= 11 is 3.36. The van der Waals surface area contributed by atoms with Crippen LogP contribution in [0.15, 0.2) is 69.9 Å². The Morgan fingerprint density at radius 3 is 2.48 bits per heavy atom. The molecule has 33 heavy (non-hydrogen) atoms. The van der Waals surface area contributed by atoms with Crippen LogP contribution in [0.5, 0.6) is 0 Å². The zero-order chi connectivity index (χ0) is 24.0. The number of hydrazone groups is 1. The average Bonchev–Trinajstić information content (AvgIpc) is 3.20. The van der Waals surface area contributed by atoms with Crippen LogP contribution in [0.25, 0.3) is 6.08 Å². The fourth-order valence-electron chi connectivity index (χ4n) is 3.09. The summed E-state index contributed by atoms with van der Waals surface area (Å²) in [6, 6.07) is 15.7. The molecule has 0 bridgehead atoms. The number of rotatable bonds is 8. The largest absolute Gasteiger partial charge is 0.320 e. The van der Waals surface area contributed by atoms with Gasteiger partial charge in [-0.1, -0.05) is 72.3 Å². The van der Waals surface area contributed by atoms with Crippen LogP contribution in [0.1, 0.15) is 53.9 Å². The number of halogens is 1. The Hall–Kier alpha value is -3.59. The van der Waals surface area contributed by atoms with E-state index in [4.69, 9.17) is 0 Å². The first-order valence-corrected chi connectivity index (χ1v) is 11.1. The van der Waals surface area contributed by atoms with Crippen molar-refractivity contribution < 1.29 is 9.72 Å². The van der Waals surface area contributed by atoms with Gasteiger partial charge in [0.2, 0.25) is 5.69 Å². The third-order valence-electron chi connectivity index (χ3n) is 4.84. The van der Waals surface area contributed by atoms with Crippen molar-refractivity contribution >= 4 is 39.8 Å². The van der Waals surface area contributed by atoms with Crippen molar-refractivity contribution in [2.45, 2.75) is 33.2 Å². The Morgan fingerprint density at radius 2 is 1.88 bits per heavy atom. The second-order valence-corrected chi connectivity index (χ2v) is 8.77. The molecule has 1 aromatic heterocycles. The molecule has 0 atom stereocenters. The number of nitro groups is 1. The van der Waals surface area contributed by atoms with Crippen LogP contribution in [0, 0.1) is 10.1 Å². The predicted molar refractivity (Wildman–Crippen MR) is 132 cm³/mol. The van der Waals surface area contributed by atoms with Crippen molar-refractivity contribution in [3.63, 3.8) is 0 Å². The fraction of sp³-hybridized carbons (Fsp3) is 0.208. The highest BCUT2D eigenvalue weighted by atomic mass is 79.9. The maximum Gasteiger partial charge on any atom is 0.320 e. The van der Waals surface area contributed by atoms with Gasteiger partial charge in [0.05, 0.1) is 17.7 Å². The number of hydrogen-bond donors (Lipinski definition) is 1. The lowest BCUT2D eigenvalue weighted by Gasteiger charge is -2.05. The Balaban J connectivity index is 1.68. The molecule has 8 nitrogen and oxygen atoms in total. The van der Waals surface area contributed by atoms with E-state index in [1.165, 1.54) is 22.7 Å². The van der Waals surface area contributed by atoms with Crippen LogP contribution in [-0.4, -0.2) is 26.8 Å². The van der Waals surface area contributed by atoms with Crippen LogP contribution < -0.4 is 5.43 Å². The van der Waals surface area contributed by atoms with Gasteiger partial charge in [-0.3, -0.25) is 19.6 Å². The van der Waals surface area contributed by atoms with Crippen molar-refractivity contribution in [1.29, 1.82) is 0 Å². The van der Waals surface area contributed by atoms with Crippen molar-refractivity contribution in [1.82, 2.24) is 15.2 Å². The van der Waals surface area contributed by atoms with E-state index in [0.29, 0.717) is 12.5 Å². The van der Waals surface area contributed by atoms with Crippen molar-refractivity contribution in [2.75, 3.05) is 0 Å². The van der Waals surface area contributed by atoms with Gasteiger partial charge in [-0.05, 0) is 47.2 Å². The van der Waals surface area contributed by atoms with E-state index in [-0.39, 0.29) is 11.4 Å². The first-order valence-electron chi connectivity index (χ1n) is 10.3. The van der Waals surface area contributed by atoms with Crippen molar-refractivity contribution in [3.8, 4) is 0 Å². The molecule has 2 aromatic carbocycles. The summed E-state index contributed by atoms with van der Waals surface area (Å²) in [6.45, 7) is 6.42. The fourth-order valence-corrected chi connectivity index (χ4v) is 3.35. The molecule has 0 unspecified atom stereocenters. The van der Waals surface area contributed by atoms with Gasteiger partial charge in [0, 0.05) is 4.47 Å². The smallest absolute Gasteiger partial charge is 0.265 e. The second-order valence-electron chi connectivity index (χ2n) is 7.85. The molecule has 9 heteroatoms. The average molecular weight is 510 g/mol. The minimum atomic E-state index is -0.749. The maximum atomic E-state index is 12.5. The lowest BCUT2D eigenvalue weighted by atomic mass is 10.0. The second kappa shape index (κ2) is 10.8. The van der Waals surface area contributed by atoms with E-state index in [0.717, 1.165) is 21.2 Å². The van der Waals surface area contributed by atoms with E-state index >= 15 is 0 Å². The summed E-state index contributed by atoms with van der Waals surface area (Å²) in [5.74, 6) is -0.287. The highest BCUT2D eigenvalue weighted by Gasteiger charge is 2.25. The molecular formula is C24H24BrN5O3. The molecule has 3 aromatic rings. The monoisotopic (exact) mass is 509 g/mol. The third-order valence-corrected chi connectivity index (χ3v) is 5.37. The summed E-state index contributed by atoms with van der Waals surface area (Å²) in [4.78, 5) is 23.3. The van der Waals surface area contributed by atoms with Gasteiger partial charge in [0.1, 0.15) is 6.20 Å². The number of aromatic nitrogens is 2. The minimum Gasteiger partial charge on any atom is -0.265 e. The highest BCUT2D eigenvalue weighted by Crippen LogP contribution is 2.19. The molecule has 1 amide bonds. The molecule has 0 aliphatic heterocycles. The number of hydrogen-bond acceptors (Lipinski definition) is 5. The number of allylic oxidation sites excluding steroid dienone is 1. The predicted octanol–water partition coefficient (Wildman–Crippen LogP) is 5.54. The Labute approximate surface area is 200 Å². The summed E-state index contributed by atoms with van der Waals surface area (Å²) < 4.78 is 2.29. The molecular weight excluding hydrogens is 486 g/mol. The molecule has 0 saturated heterocycles. The quantitative estimate of drug-likeness (QED) is 0.244. The van der Waals surface area contributed by atoms with Crippen LogP contribution in [0.3, 0.4) is 0 Å². The Bertz CT molecular complexity index is 1200. The SMILES string of the molecule is CC(C=NNC(=O)c1nn(Cc2ccc(Br)cc2)cc1[N+](=O)[O-])=Cc1ccc(C(C)C)cc1. The zero-order valence-electron chi connectivity index (χ0n) is 18.5. The van der Waals surface area contributed by atoms with Gasteiger partial charge in [0.15, 0.2) is 0 Å². The Kier molecular flexibility index (Phi) is 7.89. The zero-order valence-corrected chi connectivity index (χ0v) is 20.1. The van der Waals surface area contributed by atoms with Gasteiger partial charge >= 0.3 is 5.69 Å². The number of nitrogens with one attached hydrogen (secondary N) is 1. The summed E-state index contributed by atoms with van der Waals surface area (Å²) in [5, 5.41) is 19.4. The molecule has 0 aliphatic rings. The molecule has 1 heterocycles. The van der Waals surface area contributed by atoms with Gasteiger partial charge in [-0.15, -0.1) is 0 Å². The van der Waals surface area contributed by atoms with Gasteiger partial charge < -0.3 is 0 Å². The molecule has 3 rings (SSSR count). The first-order chi connectivity index (χ1) is 15.7. The standard InChI is InChI=1S/C24H24BrN5O3/c1-16(2)20-8-4-18(5-9-20)12-17(3)13-26-27-24(31)23-22(30(32)33)15-29(28-23)14-19-6-10-21(25)11-7-19/h4-13,15-16H,14H2,1-3H3,(H,27,31). The van der Waals surface area contributed by atoms with Crippen LogP contribution in [-0.2, 0) is 6.54 Å². The summed E-state index contributed by atoms with van der Waals surface area (Å²) in [7, 11) is 0. The minimum absolute atomic E-state index is 0.292. The number of carbonyl (C=O) groups excluding carboxylic acids is 1. The van der Waals surface area contributed by atoms with E-state index in [1.54, 1.807) is 0 Å². The number of amides is 1. The lowest BCUT2D eigenvalue weighted by molar-refractivity contribution is -0.385. The molecule has 0 spiro atoms. The van der Waals surface area contributed by atoms with Gasteiger partial charge in [-0.25, -0.2) is 5.43 Å². The number of benzene rings is 2. The number of carbonyl (C=O) groups is 1. The lowest BCUT2D eigenvalue weighted by Crippen LogP contribution is -2.19. The van der Waals surface area contributed by atoms with Crippen LogP contribution >= 0.6 is 15.9 Å². The summed E-state index contributed by atoms with van der Waals surface area (Å²) in [5.41, 5.74) is 5.62. The maximum absolute atomic E-state index is 12.5. The molecule has 0 aliphatic carbocycles. The van der Waals surface area contributed by atoms with E-state index in [2.05, 4.69) is 57.5 Å². The van der Waals surface area contributed by atoms with E-state index in [1.807, 2.05) is 49.4 Å². The highest BCUT2D eigenvalue weighted by molar-refractivity contribution is 9.10. The van der Waals surface area contributed by atoms with Crippen molar-refractivity contribution in [2.24, 2.45) is 5.10 Å². The van der Waals surface area contributed by atoms with E-state index < -0.39 is 10.8 Å². The first kappa shape index (κ1) is 24.1. The molecule has 0 saturated carbocycles. The van der Waals surface area contributed by atoms with Crippen LogP contribution in [0.4, 0.5) is 5.69 Å². The van der Waals surface area contributed by atoms with Gasteiger partial charge in [0.25, 0.3) is 5.91 Å². The molecule has 0 radical (unpaired) electrons. The normalized spacial score (nSPS) is 11.8. The summed E-state index contributed by atoms with van der Waals surface area (Å²) in [6.07, 6.45) is 4.65. The van der Waals surface area contributed by atoms with Crippen molar-refractivity contribution in [3.05, 3.63) is 97.3 Å². The molecule has 1 N–H and O–H groups in total. The van der Waals surface area contributed by atoms with Crippen LogP contribution in [0.2, 0.25) is 0 Å². The Morgan fingerprint density at radius 1 is 1.21 bits per heavy atom. The topological polar surface area (TPSA) is 102 Å². The van der Waals surface area contributed by atoms with E-state index in [9.17, 15) is 14.9 Å². The molecule has 0 fully saturated rings.